The van der Waals surface area contributed by atoms with E-state index in [1.165, 1.54) is 18.7 Å². The van der Waals surface area contributed by atoms with E-state index >= 15 is 0 Å². The van der Waals surface area contributed by atoms with Gasteiger partial charge in [0.1, 0.15) is 0 Å². The van der Waals surface area contributed by atoms with Crippen LogP contribution >= 0.6 is 23.2 Å². The van der Waals surface area contributed by atoms with Gasteiger partial charge in [0.25, 0.3) is 5.56 Å². The molecular weight excluding hydrogens is 255 g/mol. The molecule has 2 aromatic rings. The molecular formula is C8H6Cl2N4O2. The summed E-state index contributed by atoms with van der Waals surface area (Å²) in [5.41, 5.74) is -0.921. The SMILES string of the molecule is Cn1c(=O)c2nc(Cl)c(Cl)nc2n(C)c1=O. The number of aryl methyl sites for hydroxylation is 1. The zero-order valence-electron chi connectivity index (χ0n) is 8.36. The Bertz CT molecular complexity index is 704. The molecule has 0 aliphatic rings. The Morgan fingerprint density at radius 1 is 1.00 bits per heavy atom. The third-order valence-corrected chi connectivity index (χ3v) is 2.82. The second kappa shape index (κ2) is 3.57. The normalized spacial score (nSPS) is 11.0. The van der Waals surface area contributed by atoms with Crippen molar-refractivity contribution >= 4 is 34.4 Å². The molecule has 0 amide bonds. The van der Waals surface area contributed by atoms with Gasteiger partial charge in [0.2, 0.25) is 0 Å². The summed E-state index contributed by atoms with van der Waals surface area (Å²) in [5.74, 6) is 0. The van der Waals surface area contributed by atoms with Gasteiger partial charge < -0.3 is 0 Å². The molecule has 2 heterocycles. The molecule has 0 aliphatic carbocycles. The predicted octanol–water partition coefficient (Wildman–Crippen LogP) is 0.334. The third-order valence-electron chi connectivity index (χ3n) is 2.19. The van der Waals surface area contributed by atoms with Crippen molar-refractivity contribution in [1.29, 1.82) is 0 Å². The molecule has 0 saturated carbocycles. The molecule has 0 bridgehead atoms. The quantitative estimate of drug-likeness (QED) is 0.685. The first-order valence-electron chi connectivity index (χ1n) is 4.22. The molecule has 6 nitrogen and oxygen atoms in total. The van der Waals surface area contributed by atoms with E-state index in [1.54, 1.807) is 0 Å². The lowest BCUT2D eigenvalue weighted by atomic mass is 10.5. The standard InChI is InChI=1S/C8H6Cl2N4O2/c1-13-6-3(7(15)14(2)8(13)16)11-4(9)5(10)12-6/h1-2H3. The van der Waals surface area contributed by atoms with Gasteiger partial charge in [-0.2, -0.15) is 0 Å². The van der Waals surface area contributed by atoms with Crippen LogP contribution in [0, 0.1) is 0 Å². The lowest BCUT2D eigenvalue weighted by Crippen LogP contribution is -2.37. The average molecular weight is 261 g/mol. The number of fused-ring (bicyclic) bond motifs is 1. The summed E-state index contributed by atoms with van der Waals surface area (Å²) in [4.78, 5) is 31.0. The molecule has 0 radical (unpaired) electrons. The molecule has 8 heteroatoms. The lowest BCUT2D eigenvalue weighted by molar-refractivity contribution is 0.704. The zero-order chi connectivity index (χ0) is 12.0. The highest BCUT2D eigenvalue weighted by molar-refractivity contribution is 6.40. The topological polar surface area (TPSA) is 69.8 Å². The molecule has 0 aromatic carbocycles. The van der Waals surface area contributed by atoms with E-state index in [9.17, 15) is 9.59 Å². The second-order valence-corrected chi connectivity index (χ2v) is 3.90. The maximum absolute atomic E-state index is 11.7. The maximum atomic E-state index is 11.7. The molecule has 0 spiro atoms. The Balaban J connectivity index is 3.16. The first-order chi connectivity index (χ1) is 7.43. The minimum Gasteiger partial charge on any atom is -0.279 e. The Morgan fingerprint density at radius 3 is 2.19 bits per heavy atom. The Hall–Kier alpha value is -1.40. The Kier molecular flexibility index (Phi) is 2.47. The number of hydrogen-bond acceptors (Lipinski definition) is 4. The van der Waals surface area contributed by atoms with Gasteiger partial charge in [0.15, 0.2) is 21.5 Å². The maximum Gasteiger partial charge on any atom is 0.332 e. The van der Waals surface area contributed by atoms with Gasteiger partial charge in [-0.3, -0.25) is 13.9 Å². The number of aromatic nitrogens is 4. The minimum absolute atomic E-state index is 0.0130. The van der Waals surface area contributed by atoms with E-state index in [0.29, 0.717) is 0 Å². The molecule has 2 aromatic heterocycles. The summed E-state index contributed by atoms with van der Waals surface area (Å²) in [6.45, 7) is 0. The molecule has 2 rings (SSSR count). The summed E-state index contributed by atoms with van der Waals surface area (Å²) in [5, 5.41) is -0.109. The first-order valence-corrected chi connectivity index (χ1v) is 4.98. The van der Waals surface area contributed by atoms with Gasteiger partial charge >= 0.3 is 5.69 Å². The van der Waals surface area contributed by atoms with Crippen LogP contribution in [0.3, 0.4) is 0 Å². The highest BCUT2D eigenvalue weighted by Gasteiger charge is 2.13. The highest BCUT2D eigenvalue weighted by Crippen LogP contribution is 2.17. The Labute approximate surface area is 99.1 Å². The molecule has 0 aliphatic heterocycles. The molecule has 16 heavy (non-hydrogen) atoms. The van der Waals surface area contributed by atoms with Crippen molar-refractivity contribution in [1.82, 2.24) is 19.1 Å². The summed E-state index contributed by atoms with van der Waals surface area (Å²) in [7, 11) is 2.83. The lowest BCUT2D eigenvalue weighted by Gasteiger charge is -2.06. The van der Waals surface area contributed by atoms with Gasteiger partial charge in [-0.15, -0.1) is 0 Å². The Morgan fingerprint density at radius 2 is 1.56 bits per heavy atom. The van der Waals surface area contributed by atoms with Crippen molar-refractivity contribution in [2.45, 2.75) is 0 Å². The molecule has 0 saturated heterocycles. The van der Waals surface area contributed by atoms with Gasteiger partial charge in [-0.25, -0.2) is 14.8 Å². The zero-order valence-corrected chi connectivity index (χ0v) is 9.87. The number of rotatable bonds is 0. The van der Waals surface area contributed by atoms with Crippen LogP contribution in [-0.4, -0.2) is 19.1 Å². The number of nitrogens with zero attached hydrogens (tertiary/aromatic N) is 4. The summed E-state index contributed by atoms with van der Waals surface area (Å²) < 4.78 is 2.12. The van der Waals surface area contributed by atoms with Crippen LogP contribution in [-0.2, 0) is 14.1 Å². The summed E-state index contributed by atoms with van der Waals surface area (Å²) >= 11 is 11.3. The van der Waals surface area contributed by atoms with Gasteiger partial charge in [0, 0.05) is 14.1 Å². The van der Waals surface area contributed by atoms with Crippen molar-refractivity contribution in [3.63, 3.8) is 0 Å². The van der Waals surface area contributed by atoms with E-state index < -0.39 is 11.2 Å². The van der Waals surface area contributed by atoms with E-state index in [-0.39, 0.29) is 21.5 Å². The fourth-order valence-corrected chi connectivity index (χ4v) is 1.57. The van der Waals surface area contributed by atoms with Crippen LogP contribution < -0.4 is 11.2 Å². The van der Waals surface area contributed by atoms with Crippen LogP contribution in [0.5, 0.6) is 0 Å². The first kappa shape index (κ1) is 11.1. The second-order valence-electron chi connectivity index (χ2n) is 3.18. The fourth-order valence-electron chi connectivity index (χ4n) is 1.32. The van der Waals surface area contributed by atoms with Crippen molar-refractivity contribution in [2.24, 2.45) is 14.1 Å². The van der Waals surface area contributed by atoms with E-state index in [4.69, 9.17) is 23.2 Å². The number of hydrogen-bond donors (Lipinski definition) is 0. The van der Waals surface area contributed by atoms with Crippen molar-refractivity contribution < 1.29 is 0 Å². The van der Waals surface area contributed by atoms with Crippen molar-refractivity contribution in [2.75, 3.05) is 0 Å². The van der Waals surface area contributed by atoms with Crippen LogP contribution in [0.25, 0.3) is 11.2 Å². The fraction of sp³-hybridized carbons (Fsp3) is 0.250. The molecule has 84 valence electrons. The van der Waals surface area contributed by atoms with Crippen molar-refractivity contribution in [3.8, 4) is 0 Å². The predicted molar refractivity (Wildman–Crippen MR) is 60.0 cm³/mol. The van der Waals surface area contributed by atoms with Crippen LogP contribution in [0.4, 0.5) is 0 Å². The van der Waals surface area contributed by atoms with Gasteiger partial charge in [-0.1, -0.05) is 23.2 Å². The summed E-state index contributed by atoms with van der Waals surface area (Å²) in [6, 6.07) is 0. The molecule has 0 fully saturated rings. The van der Waals surface area contributed by atoms with Gasteiger partial charge in [-0.05, 0) is 0 Å². The molecule has 0 unspecified atom stereocenters. The smallest absolute Gasteiger partial charge is 0.279 e. The van der Waals surface area contributed by atoms with Crippen molar-refractivity contribution in [3.05, 3.63) is 31.1 Å². The van der Waals surface area contributed by atoms with Crippen LogP contribution in [0.1, 0.15) is 0 Å². The van der Waals surface area contributed by atoms with E-state index in [1.807, 2.05) is 0 Å². The van der Waals surface area contributed by atoms with Gasteiger partial charge in [0.05, 0.1) is 0 Å². The van der Waals surface area contributed by atoms with Crippen LogP contribution in [0.2, 0.25) is 10.3 Å². The van der Waals surface area contributed by atoms with Crippen LogP contribution in [0.15, 0.2) is 9.59 Å². The largest absolute Gasteiger partial charge is 0.332 e. The molecule has 0 N–H and O–H groups in total. The molecule has 0 atom stereocenters. The minimum atomic E-state index is -0.552. The highest BCUT2D eigenvalue weighted by atomic mass is 35.5. The van der Waals surface area contributed by atoms with E-state index in [2.05, 4.69) is 9.97 Å². The average Bonchev–Trinajstić information content (AvgIpc) is 2.26. The third kappa shape index (κ3) is 1.42. The number of halogens is 2. The summed E-state index contributed by atoms with van der Waals surface area (Å²) in [6.07, 6.45) is 0. The van der Waals surface area contributed by atoms with E-state index in [0.717, 1.165) is 4.57 Å². The monoisotopic (exact) mass is 260 g/mol.